The van der Waals surface area contributed by atoms with Crippen molar-refractivity contribution in [1.29, 1.82) is 0 Å². The van der Waals surface area contributed by atoms with Gasteiger partial charge in [-0.3, -0.25) is 9.59 Å². The first-order valence-corrected chi connectivity index (χ1v) is 14.3. The van der Waals surface area contributed by atoms with Gasteiger partial charge in [-0.25, -0.2) is 0 Å². The second-order valence-corrected chi connectivity index (χ2v) is 11.5. The molecule has 7 nitrogen and oxygen atoms in total. The number of hydrogen-bond acceptors (Lipinski definition) is 5. The number of likely N-dealkylation sites (tertiary alicyclic amines) is 1. The maximum atomic E-state index is 13.6. The molecule has 37 heavy (non-hydrogen) atoms. The fourth-order valence-electron chi connectivity index (χ4n) is 6.55. The van der Waals surface area contributed by atoms with Crippen LogP contribution in [0.1, 0.15) is 106 Å². The van der Waals surface area contributed by atoms with Crippen LogP contribution < -0.4 is 4.74 Å². The molecule has 1 aromatic heterocycles. The van der Waals surface area contributed by atoms with Gasteiger partial charge in [0.05, 0.1) is 7.11 Å². The molecule has 2 saturated carbocycles. The highest BCUT2D eigenvalue weighted by atomic mass is 16.5. The van der Waals surface area contributed by atoms with Crippen molar-refractivity contribution in [2.24, 2.45) is 11.8 Å². The second kappa shape index (κ2) is 11.4. The second-order valence-electron chi connectivity index (χ2n) is 11.5. The highest BCUT2D eigenvalue weighted by Crippen LogP contribution is 2.44. The summed E-state index contributed by atoms with van der Waals surface area (Å²) < 4.78 is 7.87. The van der Waals surface area contributed by atoms with E-state index in [0.717, 1.165) is 60.1 Å². The number of aromatic nitrogens is 3. The van der Waals surface area contributed by atoms with E-state index in [0.29, 0.717) is 31.8 Å². The summed E-state index contributed by atoms with van der Waals surface area (Å²) in [5.41, 5.74) is 2.18. The van der Waals surface area contributed by atoms with Gasteiger partial charge in [-0.1, -0.05) is 44.2 Å². The van der Waals surface area contributed by atoms with Crippen LogP contribution in [0, 0.1) is 18.8 Å². The van der Waals surface area contributed by atoms with E-state index >= 15 is 0 Å². The van der Waals surface area contributed by atoms with Crippen LogP contribution in [0.4, 0.5) is 0 Å². The van der Waals surface area contributed by atoms with E-state index in [2.05, 4.69) is 21.8 Å². The molecule has 3 aliphatic rings. The van der Waals surface area contributed by atoms with Gasteiger partial charge in [-0.15, -0.1) is 10.2 Å². The lowest BCUT2D eigenvalue weighted by Gasteiger charge is -2.27. The molecule has 2 heterocycles. The van der Waals surface area contributed by atoms with Gasteiger partial charge < -0.3 is 14.2 Å². The first-order chi connectivity index (χ1) is 18.0. The van der Waals surface area contributed by atoms with Crippen LogP contribution in [0.2, 0.25) is 0 Å². The monoisotopic (exact) mass is 506 g/mol. The summed E-state index contributed by atoms with van der Waals surface area (Å²) in [7, 11) is 1.67. The molecule has 2 aromatic rings. The van der Waals surface area contributed by atoms with Gasteiger partial charge in [0.25, 0.3) is 0 Å². The van der Waals surface area contributed by atoms with Gasteiger partial charge in [-0.05, 0) is 62.1 Å². The summed E-state index contributed by atoms with van der Waals surface area (Å²) in [5.74, 6) is 3.47. The van der Waals surface area contributed by atoms with E-state index in [1.165, 1.54) is 32.1 Å². The Kier molecular flexibility index (Phi) is 7.96. The van der Waals surface area contributed by atoms with Crippen molar-refractivity contribution in [3.8, 4) is 5.75 Å². The summed E-state index contributed by atoms with van der Waals surface area (Å²) >= 11 is 0. The fraction of sp³-hybridized carbons (Fsp3) is 0.667. The van der Waals surface area contributed by atoms with Crippen molar-refractivity contribution in [3.05, 3.63) is 41.0 Å². The van der Waals surface area contributed by atoms with E-state index in [9.17, 15) is 9.59 Å². The van der Waals surface area contributed by atoms with E-state index in [1.807, 2.05) is 17.9 Å². The van der Waals surface area contributed by atoms with Crippen molar-refractivity contribution in [2.75, 3.05) is 13.7 Å². The van der Waals surface area contributed by atoms with Gasteiger partial charge in [0, 0.05) is 38.3 Å². The molecule has 2 atom stereocenters. The molecule has 0 bridgehead atoms. The third kappa shape index (κ3) is 5.75. The minimum atomic E-state index is -0.318. The molecular formula is C30H42N4O3. The molecule has 1 amide bonds. The number of methoxy groups -OCH3 is 1. The molecule has 7 heteroatoms. The van der Waals surface area contributed by atoms with Crippen LogP contribution in [0.3, 0.4) is 0 Å². The number of rotatable bonds is 10. The Morgan fingerprint density at radius 1 is 1.03 bits per heavy atom. The molecule has 0 N–H and O–H groups in total. The predicted molar refractivity (Wildman–Crippen MR) is 142 cm³/mol. The molecule has 1 aromatic carbocycles. The van der Waals surface area contributed by atoms with Crippen LogP contribution in [-0.4, -0.2) is 45.0 Å². The zero-order valence-electron chi connectivity index (χ0n) is 22.7. The van der Waals surface area contributed by atoms with Crippen LogP contribution in [0.5, 0.6) is 5.75 Å². The van der Waals surface area contributed by atoms with Crippen molar-refractivity contribution in [1.82, 2.24) is 19.7 Å². The standard InChI is InChI=1S/C30H42N4O3/c1-20-9-11-23(27(19-20)37-3)12-15-26(36)25-17-18-33(21(2)35)29(25)30-32-31-28(34(30)24-13-14-24)16-10-22-7-5-4-6-8-22/h9,11,19,22,24-25,29H,4-8,10,12-18H2,1-3H3/t25-,29+/m1/s1. The number of aryl methyl sites for hydroxylation is 3. The largest absolute Gasteiger partial charge is 0.496 e. The first kappa shape index (κ1) is 25.9. The molecule has 3 fully saturated rings. The highest BCUT2D eigenvalue weighted by Gasteiger charge is 2.45. The first-order valence-electron chi connectivity index (χ1n) is 14.3. The lowest BCUT2D eigenvalue weighted by Crippen LogP contribution is -2.34. The Bertz CT molecular complexity index is 1120. The lowest BCUT2D eigenvalue weighted by atomic mass is 9.86. The topological polar surface area (TPSA) is 77.3 Å². The Labute approximate surface area is 221 Å². The number of Topliss-reactive ketones (excluding diaryl/α,β-unsaturated/α-hetero) is 1. The zero-order valence-corrected chi connectivity index (χ0v) is 22.7. The fourth-order valence-corrected chi connectivity index (χ4v) is 6.55. The summed E-state index contributed by atoms with van der Waals surface area (Å²) in [6.07, 6.45) is 12.8. The Hall–Kier alpha value is -2.70. The van der Waals surface area contributed by atoms with E-state index in [4.69, 9.17) is 9.84 Å². The maximum Gasteiger partial charge on any atom is 0.220 e. The number of carbonyl (C=O) groups is 2. The Morgan fingerprint density at radius 2 is 1.81 bits per heavy atom. The average molecular weight is 507 g/mol. The minimum Gasteiger partial charge on any atom is -0.496 e. The number of benzene rings is 1. The molecule has 1 aliphatic heterocycles. The van der Waals surface area contributed by atoms with Gasteiger partial charge >= 0.3 is 0 Å². The lowest BCUT2D eigenvalue weighted by molar-refractivity contribution is -0.131. The van der Waals surface area contributed by atoms with Crippen molar-refractivity contribution >= 4 is 11.7 Å². The van der Waals surface area contributed by atoms with Crippen molar-refractivity contribution in [3.63, 3.8) is 0 Å². The zero-order chi connectivity index (χ0) is 25.9. The average Bonchev–Trinajstić information content (AvgIpc) is 3.50. The van der Waals surface area contributed by atoms with Gasteiger partial charge in [-0.2, -0.15) is 0 Å². The minimum absolute atomic E-state index is 0.00889. The molecular weight excluding hydrogens is 464 g/mol. The summed E-state index contributed by atoms with van der Waals surface area (Å²) in [6.45, 7) is 4.24. The third-order valence-corrected chi connectivity index (χ3v) is 8.77. The molecule has 5 rings (SSSR count). The normalized spacial score (nSPS) is 22.4. The smallest absolute Gasteiger partial charge is 0.220 e. The SMILES string of the molecule is COc1cc(C)ccc1CCC(=O)[C@H]1CCN(C(C)=O)[C@@H]1c1nnc(CCC2CCCCC2)n1C1CC1. The van der Waals surface area contributed by atoms with Crippen LogP contribution >= 0.6 is 0 Å². The van der Waals surface area contributed by atoms with Crippen LogP contribution in [0.15, 0.2) is 18.2 Å². The Morgan fingerprint density at radius 3 is 2.51 bits per heavy atom. The van der Waals surface area contributed by atoms with E-state index in [-0.39, 0.29) is 23.7 Å². The number of ether oxygens (including phenoxy) is 1. The quantitative estimate of drug-likeness (QED) is 0.422. The van der Waals surface area contributed by atoms with E-state index in [1.54, 1.807) is 14.0 Å². The van der Waals surface area contributed by atoms with Gasteiger partial charge in [0.2, 0.25) is 5.91 Å². The van der Waals surface area contributed by atoms with Crippen molar-refractivity contribution in [2.45, 2.75) is 103 Å². The van der Waals surface area contributed by atoms with Crippen LogP contribution in [-0.2, 0) is 22.4 Å². The molecule has 200 valence electrons. The number of ketones is 1. The number of hydrogen-bond donors (Lipinski definition) is 0. The third-order valence-electron chi connectivity index (χ3n) is 8.77. The number of amides is 1. The summed E-state index contributed by atoms with van der Waals surface area (Å²) in [5, 5.41) is 9.36. The molecule has 0 spiro atoms. The molecule has 0 unspecified atom stereocenters. The summed E-state index contributed by atoms with van der Waals surface area (Å²) in [4.78, 5) is 28.2. The van der Waals surface area contributed by atoms with E-state index < -0.39 is 0 Å². The van der Waals surface area contributed by atoms with Crippen LogP contribution in [0.25, 0.3) is 0 Å². The molecule has 2 aliphatic carbocycles. The Balaban J connectivity index is 1.35. The van der Waals surface area contributed by atoms with Crippen molar-refractivity contribution < 1.29 is 14.3 Å². The molecule has 0 radical (unpaired) electrons. The maximum absolute atomic E-state index is 13.6. The highest BCUT2D eigenvalue weighted by molar-refractivity contribution is 5.84. The summed E-state index contributed by atoms with van der Waals surface area (Å²) in [6, 6.07) is 6.22. The van der Waals surface area contributed by atoms with Gasteiger partial charge in [0.1, 0.15) is 23.4 Å². The number of carbonyl (C=O) groups excluding carboxylic acids is 2. The molecule has 1 saturated heterocycles. The number of nitrogens with zero attached hydrogens (tertiary/aromatic N) is 4. The predicted octanol–water partition coefficient (Wildman–Crippen LogP) is 5.55. The van der Waals surface area contributed by atoms with Gasteiger partial charge in [0.15, 0.2) is 5.82 Å².